The maximum Gasteiger partial charge on any atom is 0.194 e. The van der Waals surface area contributed by atoms with Crippen molar-refractivity contribution in [3.05, 3.63) is 39.8 Å². The molecule has 146 valence electrons. The van der Waals surface area contributed by atoms with Gasteiger partial charge in [-0.3, -0.25) is 0 Å². The smallest absolute Gasteiger partial charge is 0.194 e. The zero-order chi connectivity index (χ0) is 19.2. The molecule has 0 unspecified atom stereocenters. The van der Waals surface area contributed by atoms with Crippen LogP contribution in [0.1, 0.15) is 22.5 Å². The SMILES string of the molecule is CCNC(=NCc1nc(C)c(C)s1)N1CCN(c2cccc(OC)c2)CC1. The van der Waals surface area contributed by atoms with E-state index in [2.05, 4.69) is 53.0 Å². The van der Waals surface area contributed by atoms with Crippen LogP contribution in [0.5, 0.6) is 5.75 Å². The molecule has 1 aliphatic heterocycles. The van der Waals surface area contributed by atoms with Crippen LogP contribution in [0.3, 0.4) is 0 Å². The molecule has 2 heterocycles. The molecule has 0 spiro atoms. The predicted molar refractivity (Wildman–Crippen MR) is 113 cm³/mol. The molecule has 3 rings (SSSR count). The summed E-state index contributed by atoms with van der Waals surface area (Å²) in [6, 6.07) is 8.27. The van der Waals surface area contributed by atoms with E-state index in [4.69, 9.17) is 9.73 Å². The minimum atomic E-state index is 0.637. The molecule has 6 nitrogen and oxygen atoms in total. The summed E-state index contributed by atoms with van der Waals surface area (Å²) in [5, 5.41) is 4.51. The lowest BCUT2D eigenvalue weighted by atomic mass is 10.2. The predicted octanol–water partition coefficient (Wildman–Crippen LogP) is 3.06. The molecule has 1 N–H and O–H groups in total. The average Bonchev–Trinajstić information content (AvgIpc) is 3.03. The third-order valence-electron chi connectivity index (χ3n) is 4.77. The second-order valence-electron chi connectivity index (χ2n) is 6.59. The van der Waals surface area contributed by atoms with Crippen LogP contribution >= 0.6 is 11.3 Å². The fourth-order valence-electron chi connectivity index (χ4n) is 3.16. The van der Waals surface area contributed by atoms with Crippen LogP contribution in [0.2, 0.25) is 0 Å². The van der Waals surface area contributed by atoms with E-state index < -0.39 is 0 Å². The molecule has 1 aromatic carbocycles. The zero-order valence-corrected chi connectivity index (χ0v) is 17.5. The largest absolute Gasteiger partial charge is 0.497 e. The first kappa shape index (κ1) is 19.5. The molecule has 1 aromatic heterocycles. The number of hydrogen-bond acceptors (Lipinski definition) is 5. The first-order valence-electron chi connectivity index (χ1n) is 9.46. The monoisotopic (exact) mass is 387 g/mol. The molecule has 0 atom stereocenters. The summed E-state index contributed by atoms with van der Waals surface area (Å²) in [5.41, 5.74) is 2.33. The molecular weight excluding hydrogens is 358 g/mol. The van der Waals surface area contributed by atoms with Crippen LogP contribution in [0.15, 0.2) is 29.3 Å². The molecule has 0 aliphatic carbocycles. The lowest BCUT2D eigenvalue weighted by Crippen LogP contribution is -2.52. The first-order valence-corrected chi connectivity index (χ1v) is 10.3. The van der Waals surface area contributed by atoms with Crippen molar-refractivity contribution < 1.29 is 4.74 Å². The van der Waals surface area contributed by atoms with Crippen molar-refractivity contribution >= 4 is 23.0 Å². The number of nitrogens with one attached hydrogen (secondary N) is 1. The van der Waals surface area contributed by atoms with E-state index in [-0.39, 0.29) is 0 Å². The molecular formula is C20H29N5OS. The number of aliphatic imine (C=N–C) groups is 1. The van der Waals surface area contributed by atoms with Crippen LogP contribution in [-0.2, 0) is 6.54 Å². The number of rotatable bonds is 5. The molecule has 2 aromatic rings. The normalized spacial score (nSPS) is 15.2. The number of thiazole rings is 1. The first-order chi connectivity index (χ1) is 13.1. The second-order valence-corrected chi connectivity index (χ2v) is 7.88. The molecule has 1 aliphatic rings. The number of aryl methyl sites for hydroxylation is 2. The number of nitrogens with zero attached hydrogens (tertiary/aromatic N) is 4. The van der Waals surface area contributed by atoms with E-state index in [1.54, 1.807) is 18.4 Å². The Balaban J connectivity index is 1.63. The van der Waals surface area contributed by atoms with E-state index in [1.165, 1.54) is 10.6 Å². The Kier molecular flexibility index (Phi) is 6.55. The maximum absolute atomic E-state index is 5.35. The van der Waals surface area contributed by atoms with E-state index in [1.807, 2.05) is 12.1 Å². The van der Waals surface area contributed by atoms with Gasteiger partial charge in [-0.2, -0.15) is 0 Å². The van der Waals surface area contributed by atoms with E-state index in [9.17, 15) is 0 Å². The molecule has 1 saturated heterocycles. The zero-order valence-electron chi connectivity index (χ0n) is 16.7. The Bertz CT molecular complexity index is 761. The van der Waals surface area contributed by atoms with Gasteiger partial charge in [0.25, 0.3) is 0 Å². The number of anilines is 1. The van der Waals surface area contributed by atoms with Crippen molar-refractivity contribution in [2.45, 2.75) is 27.3 Å². The molecule has 7 heteroatoms. The van der Waals surface area contributed by atoms with Gasteiger partial charge in [0.1, 0.15) is 10.8 Å². The van der Waals surface area contributed by atoms with Gasteiger partial charge < -0.3 is 19.9 Å². The summed E-state index contributed by atoms with van der Waals surface area (Å²) in [6.07, 6.45) is 0. The Labute approximate surface area is 165 Å². The highest BCUT2D eigenvalue weighted by molar-refractivity contribution is 7.11. The topological polar surface area (TPSA) is 53.0 Å². The quantitative estimate of drug-likeness (QED) is 0.631. The summed E-state index contributed by atoms with van der Waals surface area (Å²) in [7, 11) is 1.71. The molecule has 0 radical (unpaired) electrons. The Morgan fingerprint density at radius 1 is 1.26 bits per heavy atom. The number of aromatic nitrogens is 1. The number of ether oxygens (including phenoxy) is 1. The highest BCUT2D eigenvalue weighted by Gasteiger charge is 2.20. The summed E-state index contributed by atoms with van der Waals surface area (Å²) in [5.74, 6) is 1.88. The van der Waals surface area contributed by atoms with E-state index >= 15 is 0 Å². The summed E-state index contributed by atoms with van der Waals surface area (Å²) < 4.78 is 5.35. The van der Waals surface area contributed by atoms with Crippen molar-refractivity contribution in [3.63, 3.8) is 0 Å². The Morgan fingerprint density at radius 2 is 2.04 bits per heavy atom. The number of hydrogen-bond donors (Lipinski definition) is 1. The fourth-order valence-corrected chi connectivity index (χ4v) is 4.02. The number of piperazine rings is 1. The van der Waals surface area contributed by atoms with Crippen molar-refractivity contribution in [2.24, 2.45) is 4.99 Å². The summed E-state index contributed by atoms with van der Waals surface area (Å²) in [6.45, 7) is 11.6. The van der Waals surface area contributed by atoms with Crippen molar-refractivity contribution in [1.29, 1.82) is 0 Å². The number of guanidine groups is 1. The molecule has 0 saturated carbocycles. The second kappa shape index (κ2) is 9.08. The van der Waals surface area contributed by atoms with Crippen LogP contribution in [0, 0.1) is 13.8 Å². The lowest BCUT2D eigenvalue weighted by molar-refractivity contribution is 0.372. The standard InChI is InChI=1S/C20H29N5OS/c1-5-21-20(22-14-19-23-15(2)16(3)27-19)25-11-9-24(10-12-25)17-7-6-8-18(13-17)26-4/h6-8,13H,5,9-12,14H2,1-4H3,(H,21,22). The van der Waals surface area contributed by atoms with E-state index in [0.717, 1.165) is 55.1 Å². The van der Waals surface area contributed by atoms with Gasteiger partial charge in [-0.15, -0.1) is 11.3 Å². The van der Waals surface area contributed by atoms with Crippen molar-refractivity contribution in [1.82, 2.24) is 15.2 Å². The van der Waals surface area contributed by atoms with E-state index in [0.29, 0.717) is 6.54 Å². The minimum Gasteiger partial charge on any atom is -0.497 e. The highest BCUT2D eigenvalue weighted by atomic mass is 32.1. The van der Waals surface area contributed by atoms with Gasteiger partial charge in [0.2, 0.25) is 0 Å². The van der Waals surface area contributed by atoms with Crippen LogP contribution in [0.4, 0.5) is 5.69 Å². The van der Waals surface area contributed by atoms with Gasteiger partial charge in [0, 0.05) is 49.4 Å². The molecule has 0 bridgehead atoms. The molecule has 0 amide bonds. The molecule has 27 heavy (non-hydrogen) atoms. The Morgan fingerprint density at radius 3 is 2.67 bits per heavy atom. The average molecular weight is 388 g/mol. The van der Waals surface area contributed by atoms with Gasteiger partial charge >= 0.3 is 0 Å². The third-order valence-corrected chi connectivity index (χ3v) is 5.83. The van der Waals surface area contributed by atoms with Crippen molar-refractivity contribution in [2.75, 3.05) is 44.7 Å². The summed E-state index contributed by atoms with van der Waals surface area (Å²) in [4.78, 5) is 15.4. The summed E-state index contributed by atoms with van der Waals surface area (Å²) >= 11 is 1.74. The lowest BCUT2D eigenvalue weighted by Gasteiger charge is -2.37. The fraction of sp³-hybridized carbons (Fsp3) is 0.500. The van der Waals surface area contributed by atoms with Gasteiger partial charge in [-0.05, 0) is 32.9 Å². The van der Waals surface area contributed by atoms with Gasteiger partial charge in [-0.1, -0.05) is 6.07 Å². The van der Waals surface area contributed by atoms with Crippen LogP contribution in [0.25, 0.3) is 0 Å². The van der Waals surface area contributed by atoms with Gasteiger partial charge in [0.15, 0.2) is 5.96 Å². The number of methoxy groups -OCH3 is 1. The minimum absolute atomic E-state index is 0.637. The van der Waals surface area contributed by atoms with Crippen molar-refractivity contribution in [3.8, 4) is 5.75 Å². The van der Waals surface area contributed by atoms with Gasteiger partial charge in [0.05, 0.1) is 19.3 Å². The van der Waals surface area contributed by atoms with Crippen LogP contribution in [-0.4, -0.2) is 55.7 Å². The maximum atomic E-state index is 5.35. The highest BCUT2D eigenvalue weighted by Crippen LogP contribution is 2.22. The van der Waals surface area contributed by atoms with Crippen LogP contribution < -0.4 is 15.0 Å². The Hall–Kier alpha value is -2.28. The molecule has 1 fully saturated rings. The van der Waals surface area contributed by atoms with Gasteiger partial charge in [-0.25, -0.2) is 9.98 Å². The number of benzene rings is 1. The third kappa shape index (κ3) is 4.91.